The van der Waals surface area contributed by atoms with Crippen molar-refractivity contribution in [3.8, 4) is 0 Å². The number of hydrogen-bond donors (Lipinski definition) is 2. The van der Waals surface area contributed by atoms with Crippen molar-refractivity contribution in [3.05, 3.63) is 16.7 Å². The molecule has 0 spiro atoms. The number of aliphatic hydroxyl groups is 2. The first-order valence-electron chi connectivity index (χ1n) is 8.00. The van der Waals surface area contributed by atoms with Crippen LogP contribution >= 0.6 is 0 Å². The fourth-order valence-electron chi connectivity index (χ4n) is 2.85. The Kier molecular flexibility index (Phi) is 5.05. The lowest BCUT2D eigenvalue weighted by Crippen LogP contribution is -2.34. The van der Waals surface area contributed by atoms with Gasteiger partial charge in [-0.1, -0.05) is 0 Å². The number of aliphatic imine (C=N–C) groups is 1. The number of methoxy groups -OCH3 is 1. The monoisotopic (exact) mass is 366 g/mol. The molecule has 2 N–H and O–H groups in total. The topological polar surface area (TPSA) is 127 Å². The third-order valence-corrected chi connectivity index (χ3v) is 4.22. The highest BCUT2D eigenvalue weighted by Crippen LogP contribution is 2.32. The number of rotatable bonds is 5. The third kappa shape index (κ3) is 2.98. The first-order chi connectivity index (χ1) is 12.4. The lowest BCUT2D eigenvalue weighted by molar-refractivity contribution is -0.0583. The number of ether oxygens (including phenoxy) is 2. The smallest absolute Gasteiger partial charge is 0.282 e. The highest BCUT2D eigenvalue weighted by molar-refractivity contribution is 5.71. The van der Waals surface area contributed by atoms with Crippen LogP contribution in [0.15, 0.2) is 16.1 Å². The zero-order valence-corrected chi connectivity index (χ0v) is 15.0. The summed E-state index contributed by atoms with van der Waals surface area (Å²) in [7, 11) is 6.60. The molecule has 2 aromatic heterocycles. The largest absolute Gasteiger partial charge is 0.394 e. The SMILES string of the molecule is CO[C@H]1C(O)[C@@H](CO)O[C@H]1n1cnc2c(=O)n(C)c(/N=C/N(C)C)nc21. The molecular formula is C15H22N6O5. The third-order valence-electron chi connectivity index (χ3n) is 4.22. The zero-order valence-electron chi connectivity index (χ0n) is 15.0. The van der Waals surface area contributed by atoms with Crippen LogP contribution in [-0.2, 0) is 16.5 Å². The van der Waals surface area contributed by atoms with Crippen LogP contribution in [0.4, 0.5) is 5.95 Å². The summed E-state index contributed by atoms with van der Waals surface area (Å²) in [6.45, 7) is -0.363. The first-order valence-corrected chi connectivity index (χ1v) is 8.00. The Balaban J connectivity index is 2.12. The molecule has 3 rings (SSSR count). The summed E-state index contributed by atoms with van der Waals surface area (Å²) in [5, 5.41) is 19.6. The number of imidazole rings is 1. The Labute approximate surface area is 149 Å². The molecule has 0 bridgehead atoms. The van der Waals surface area contributed by atoms with Crippen LogP contribution in [0.1, 0.15) is 6.23 Å². The Hall–Kier alpha value is -2.34. The highest BCUT2D eigenvalue weighted by atomic mass is 16.6. The number of hydrogen-bond acceptors (Lipinski definition) is 8. The van der Waals surface area contributed by atoms with Crippen LogP contribution in [0.2, 0.25) is 0 Å². The lowest BCUT2D eigenvalue weighted by Gasteiger charge is -2.20. The Morgan fingerprint density at radius 2 is 2.23 bits per heavy atom. The van der Waals surface area contributed by atoms with Gasteiger partial charge in [0, 0.05) is 28.3 Å². The molecule has 2 aromatic rings. The number of fused-ring (bicyclic) bond motifs is 1. The van der Waals surface area contributed by atoms with Crippen molar-refractivity contribution >= 4 is 23.5 Å². The number of aliphatic hydroxyl groups excluding tert-OH is 2. The summed E-state index contributed by atoms with van der Waals surface area (Å²) in [6.07, 6.45) is -0.428. The van der Waals surface area contributed by atoms with E-state index in [0.29, 0.717) is 0 Å². The second kappa shape index (κ2) is 7.11. The van der Waals surface area contributed by atoms with Crippen molar-refractivity contribution in [2.75, 3.05) is 27.8 Å². The van der Waals surface area contributed by atoms with Gasteiger partial charge in [0.1, 0.15) is 18.3 Å². The molecule has 0 saturated carbocycles. The molecule has 1 fully saturated rings. The molecule has 142 valence electrons. The molecule has 11 nitrogen and oxygen atoms in total. The van der Waals surface area contributed by atoms with Gasteiger partial charge in [0.05, 0.1) is 19.3 Å². The molecule has 1 aliphatic rings. The van der Waals surface area contributed by atoms with Gasteiger partial charge in [0.2, 0.25) is 5.95 Å². The molecule has 3 heterocycles. The van der Waals surface area contributed by atoms with Gasteiger partial charge in [0.15, 0.2) is 17.4 Å². The first kappa shape index (κ1) is 18.5. The minimum atomic E-state index is -1.02. The zero-order chi connectivity index (χ0) is 19.0. The summed E-state index contributed by atoms with van der Waals surface area (Å²) in [5.74, 6) is 0.198. The van der Waals surface area contributed by atoms with E-state index in [1.807, 2.05) is 0 Å². The van der Waals surface area contributed by atoms with E-state index in [0.717, 1.165) is 0 Å². The van der Waals surface area contributed by atoms with Crippen LogP contribution in [-0.4, -0.2) is 86.7 Å². The van der Waals surface area contributed by atoms with Crippen LogP contribution in [0, 0.1) is 0 Å². The predicted molar refractivity (Wildman–Crippen MR) is 92.4 cm³/mol. The second-order valence-electron chi connectivity index (χ2n) is 6.25. The highest BCUT2D eigenvalue weighted by Gasteiger charge is 2.45. The summed E-state index contributed by atoms with van der Waals surface area (Å²) in [5.41, 5.74) is 0.0550. The Bertz CT molecular complexity index is 875. The summed E-state index contributed by atoms with van der Waals surface area (Å²) >= 11 is 0. The number of nitrogens with zero attached hydrogens (tertiary/aromatic N) is 6. The fraction of sp³-hybridized carbons (Fsp3) is 0.600. The van der Waals surface area contributed by atoms with Gasteiger partial charge in [-0.25, -0.2) is 9.98 Å². The molecule has 26 heavy (non-hydrogen) atoms. The van der Waals surface area contributed by atoms with Gasteiger partial charge >= 0.3 is 0 Å². The minimum absolute atomic E-state index is 0.150. The van der Waals surface area contributed by atoms with Gasteiger partial charge in [-0.3, -0.25) is 13.9 Å². The maximum atomic E-state index is 12.6. The summed E-state index contributed by atoms with van der Waals surface area (Å²) < 4.78 is 13.8. The van der Waals surface area contributed by atoms with Crippen molar-refractivity contribution in [1.29, 1.82) is 0 Å². The summed E-state index contributed by atoms with van der Waals surface area (Å²) in [6, 6.07) is 0. The molecule has 1 unspecified atom stereocenters. The predicted octanol–water partition coefficient (Wildman–Crippen LogP) is -1.38. The van der Waals surface area contributed by atoms with Gasteiger partial charge in [-0.15, -0.1) is 0 Å². The standard InChI is InChI=1S/C15H22N6O5/c1-19(2)6-17-15-18-12-9(13(24)20(15)3)16-7-21(12)14-11(25-4)10(23)8(5-22)26-14/h6-8,10-11,14,22-23H,5H2,1-4H3/b17-6+/t8-,10?,11+,14-/m1/s1. The second-order valence-corrected chi connectivity index (χ2v) is 6.25. The fourth-order valence-corrected chi connectivity index (χ4v) is 2.85. The van der Waals surface area contributed by atoms with E-state index in [4.69, 9.17) is 9.47 Å². The van der Waals surface area contributed by atoms with Crippen molar-refractivity contribution in [3.63, 3.8) is 0 Å². The van der Waals surface area contributed by atoms with E-state index in [-0.39, 0.29) is 29.3 Å². The molecule has 1 saturated heterocycles. The van der Waals surface area contributed by atoms with Gasteiger partial charge < -0.3 is 24.6 Å². The Morgan fingerprint density at radius 1 is 1.50 bits per heavy atom. The van der Waals surface area contributed by atoms with Crippen LogP contribution in [0.25, 0.3) is 11.2 Å². The van der Waals surface area contributed by atoms with E-state index in [1.165, 1.54) is 28.9 Å². The van der Waals surface area contributed by atoms with Crippen LogP contribution in [0.3, 0.4) is 0 Å². The Morgan fingerprint density at radius 3 is 2.85 bits per heavy atom. The maximum absolute atomic E-state index is 12.6. The molecule has 0 aliphatic carbocycles. The molecule has 0 aromatic carbocycles. The normalized spacial score (nSPS) is 26.2. The van der Waals surface area contributed by atoms with Crippen molar-refractivity contribution in [1.82, 2.24) is 24.0 Å². The van der Waals surface area contributed by atoms with Crippen LogP contribution < -0.4 is 5.56 Å². The molecule has 0 amide bonds. The molecule has 0 radical (unpaired) electrons. The molecule has 4 atom stereocenters. The van der Waals surface area contributed by atoms with Crippen molar-refractivity contribution in [2.24, 2.45) is 12.0 Å². The maximum Gasteiger partial charge on any atom is 0.282 e. The quantitative estimate of drug-likeness (QED) is 0.489. The lowest BCUT2D eigenvalue weighted by atomic mass is 10.1. The minimum Gasteiger partial charge on any atom is -0.394 e. The van der Waals surface area contributed by atoms with E-state index < -0.39 is 24.5 Å². The molecule has 11 heteroatoms. The van der Waals surface area contributed by atoms with Crippen molar-refractivity contribution < 1.29 is 19.7 Å². The molecule has 1 aliphatic heterocycles. The average molecular weight is 366 g/mol. The van der Waals surface area contributed by atoms with E-state index in [9.17, 15) is 15.0 Å². The van der Waals surface area contributed by atoms with E-state index >= 15 is 0 Å². The van der Waals surface area contributed by atoms with Crippen molar-refractivity contribution in [2.45, 2.75) is 24.5 Å². The van der Waals surface area contributed by atoms with Gasteiger partial charge in [-0.2, -0.15) is 4.98 Å². The van der Waals surface area contributed by atoms with Crippen LogP contribution in [0.5, 0.6) is 0 Å². The average Bonchev–Trinajstić information content (AvgIpc) is 3.16. The van der Waals surface area contributed by atoms with E-state index in [2.05, 4.69) is 15.0 Å². The summed E-state index contributed by atoms with van der Waals surface area (Å²) in [4.78, 5) is 27.0. The van der Waals surface area contributed by atoms with Gasteiger partial charge in [0.25, 0.3) is 5.56 Å². The van der Waals surface area contributed by atoms with Gasteiger partial charge in [-0.05, 0) is 0 Å². The van der Waals surface area contributed by atoms with E-state index in [1.54, 1.807) is 26.0 Å². The number of aromatic nitrogens is 4. The molecular weight excluding hydrogens is 344 g/mol.